The topological polar surface area (TPSA) is 46.3 Å². The molecular formula is C19H30N2O. The molecule has 0 spiro atoms. The van der Waals surface area contributed by atoms with Crippen molar-refractivity contribution in [3.05, 3.63) is 35.9 Å². The Bertz CT molecular complexity index is 478. The van der Waals surface area contributed by atoms with E-state index in [1.165, 1.54) is 6.42 Å². The van der Waals surface area contributed by atoms with Crippen LogP contribution >= 0.6 is 0 Å². The molecule has 1 saturated heterocycles. The molecule has 2 atom stereocenters. The van der Waals surface area contributed by atoms with Crippen LogP contribution in [0, 0.1) is 11.3 Å². The van der Waals surface area contributed by atoms with E-state index < -0.39 is 6.04 Å². The van der Waals surface area contributed by atoms with Crippen molar-refractivity contribution < 1.29 is 4.79 Å². The molecule has 122 valence electrons. The number of carbonyl (C=O) groups is 1. The van der Waals surface area contributed by atoms with Crippen molar-refractivity contribution in [3.63, 3.8) is 0 Å². The fourth-order valence-electron chi connectivity index (χ4n) is 3.37. The van der Waals surface area contributed by atoms with Gasteiger partial charge in [-0.25, -0.2) is 0 Å². The van der Waals surface area contributed by atoms with Gasteiger partial charge in [0, 0.05) is 13.1 Å². The van der Waals surface area contributed by atoms with Crippen LogP contribution < -0.4 is 5.73 Å². The van der Waals surface area contributed by atoms with Gasteiger partial charge in [-0.05, 0) is 42.6 Å². The van der Waals surface area contributed by atoms with Gasteiger partial charge in [0.1, 0.15) is 0 Å². The van der Waals surface area contributed by atoms with Crippen LogP contribution in [-0.2, 0) is 11.2 Å². The Kier molecular flexibility index (Phi) is 5.63. The molecule has 2 N–H and O–H groups in total. The molecule has 0 radical (unpaired) electrons. The number of nitrogens with two attached hydrogens (primary N) is 1. The summed E-state index contributed by atoms with van der Waals surface area (Å²) in [5, 5.41) is 0. The molecule has 3 heteroatoms. The lowest BCUT2D eigenvalue weighted by Gasteiger charge is -2.30. The second kappa shape index (κ2) is 7.28. The zero-order valence-corrected chi connectivity index (χ0v) is 14.2. The van der Waals surface area contributed by atoms with Crippen LogP contribution in [0.4, 0.5) is 0 Å². The van der Waals surface area contributed by atoms with Crippen LogP contribution in [0.1, 0.15) is 45.6 Å². The van der Waals surface area contributed by atoms with Crippen molar-refractivity contribution in [1.29, 1.82) is 0 Å². The van der Waals surface area contributed by atoms with Crippen molar-refractivity contribution in [2.45, 2.75) is 52.5 Å². The molecule has 1 heterocycles. The van der Waals surface area contributed by atoms with Gasteiger partial charge in [-0.15, -0.1) is 0 Å². The number of likely N-dealkylation sites (tertiary alicyclic amines) is 1. The highest BCUT2D eigenvalue weighted by atomic mass is 16.2. The van der Waals surface area contributed by atoms with Gasteiger partial charge in [-0.3, -0.25) is 4.79 Å². The third-order valence-electron chi connectivity index (χ3n) is 4.88. The first-order valence-electron chi connectivity index (χ1n) is 8.46. The number of rotatable bonds is 3. The molecule has 0 aromatic heterocycles. The van der Waals surface area contributed by atoms with Gasteiger partial charge >= 0.3 is 0 Å². The summed E-state index contributed by atoms with van der Waals surface area (Å²) in [7, 11) is 0. The summed E-state index contributed by atoms with van der Waals surface area (Å²) in [6.07, 6.45) is 4.01. The zero-order chi connectivity index (χ0) is 16.2. The quantitative estimate of drug-likeness (QED) is 0.932. The van der Waals surface area contributed by atoms with E-state index in [1.807, 2.05) is 35.2 Å². The maximum absolute atomic E-state index is 12.6. The van der Waals surface area contributed by atoms with Crippen LogP contribution in [0.3, 0.4) is 0 Å². The van der Waals surface area contributed by atoms with E-state index in [9.17, 15) is 4.79 Å². The first-order chi connectivity index (χ1) is 10.4. The van der Waals surface area contributed by atoms with Crippen molar-refractivity contribution >= 4 is 5.91 Å². The molecule has 0 bridgehead atoms. The first kappa shape index (κ1) is 17.0. The molecule has 1 aromatic carbocycles. The van der Waals surface area contributed by atoms with Crippen LogP contribution in [0.2, 0.25) is 0 Å². The van der Waals surface area contributed by atoms with Gasteiger partial charge in [0.05, 0.1) is 6.04 Å². The third-order valence-corrected chi connectivity index (χ3v) is 4.88. The number of hydrogen-bond donors (Lipinski definition) is 1. The van der Waals surface area contributed by atoms with E-state index in [-0.39, 0.29) is 5.91 Å². The molecule has 0 saturated carbocycles. The lowest BCUT2D eigenvalue weighted by molar-refractivity contribution is -0.132. The highest BCUT2D eigenvalue weighted by molar-refractivity contribution is 5.82. The van der Waals surface area contributed by atoms with Gasteiger partial charge < -0.3 is 10.6 Å². The predicted octanol–water partition coefficient (Wildman–Crippen LogP) is 3.23. The summed E-state index contributed by atoms with van der Waals surface area (Å²) in [5.74, 6) is 0.800. The fraction of sp³-hybridized carbons (Fsp3) is 0.632. The Balaban J connectivity index is 1.92. The van der Waals surface area contributed by atoms with Gasteiger partial charge in [0.2, 0.25) is 5.91 Å². The number of benzene rings is 1. The largest absolute Gasteiger partial charge is 0.341 e. The third kappa shape index (κ3) is 4.57. The molecule has 1 fully saturated rings. The first-order valence-corrected chi connectivity index (χ1v) is 8.46. The Morgan fingerprint density at radius 3 is 2.55 bits per heavy atom. The minimum atomic E-state index is -0.423. The van der Waals surface area contributed by atoms with E-state index in [2.05, 4.69) is 20.8 Å². The van der Waals surface area contributed by atoms with Crippen LogP contribution in [-0.4, -0.2) is 29.9 Å². The average Bonchev–Trinajstić information content (AvgIpc) is 2.73. The monoisotopic (exact) mass is 302 g/mol. The Morgan fingerprint density at radius 2 is 1.91 bits per heavy atom. The molecular weight excluding hydrogens is 272 g/mol. The zero-order valence-electron chi connectivity index (χ0n) is 14.2. The van der Waals surface area contributed by atoms with Crippen molar-refractivity contribution in [3.8, 4) is 0 Å². The summed E-state index contributed by atoms with van der Waals surface area (Å²) in [4.78, 5) is 14.6. The summed E-state index contributed by atoms with van der Waals surface area (Å²) < 4.78 is 0. The second-order valence-electron chi connectivity index (χ2n) is 7.62. The van der Waals surface area contributed by atoms with E-state index in [4.69, 9.17) is 5.73 Å². The SMILES string of the molecule is CC(C)(C)C1CCCN(C(=O)C(N)Cc2ccccc2)CC1. The highest BCUT2D eigenvalue weighted by Gasteiger charge is 2.29. The molecule has 1 aliphatic rings. The maximum atomic E-state index is 12.6. The van der Waals surface area contributed by atoms with Gasteiger partial charge in [0.25, 0.3) is 0 Å². The number of carbonyl (C=O) groups excluding carboxylic acids is 1. The average molecular weight is 302 g/mol. The van der Waals surface area contributed by atoms with Crippen LogP contribution in [0.15, 0.2) is 30.3 Å². The molecule has 3 nitrogen and oxygen atoms in total. The molecule has 1 aliphatic heterocycles. The number of nitrogens with zero attached hydrogens (tertiary/aromatic N) is 1. The predicted molar refractivity (Wildman–Crippen MR) is 91.5 cm³/mol. The van der Waals surface area contributed by atoms with E-state index in [0.717, 1.165) is 31.5 Å². The number of amides is 1. The van der Waals surface area contributed by atoms with Crippen LogP contribution in [0.5, 0.6) is 0 Å². The van der Waals surface area contributed by atoms with Crippen molar-refractivity contribution in [2.75, 3.05) is 13.1 Å². The summed E-state index contributed by atoms with van der Waals surface area (Å²) in [5.41, 5.74) is 7.62. The maximum Gasteiger partial charge on any atom is 0.239 e. The second-order valence-corrected chi connectivity index (χ2v) is 7.62. The van der Waals surface area contributed by atoms with E-state index >= 15 is 0 Å². The minimum absolute atomic E-state index is 0.110. The lowest BCUT2D eigenvalue weighted by Crippen LogP contribution is -2.45. The smallest absolute Gasteiger partial charge is 0.239 e. The summed E-state index contributed by atoms with van der Waals surface area (Å²) in [6, 6.07) is 9.61. The summed E-state index contributed by atoms with van der Waals surface area (Å²) >= 11 is 0. The van der Waals surface area contributed by atoms with Gasteiger partial charge in [-0.2, -0.15) is 0 Å². The molecule has 2 unspecified atom stereocenters. The molecule has 0 aliphatic carbocycles. The van der Waals surface area contributed by atoms with Gasteiger partial charge in [-0.1, -0.05) is 51.1 Å². The molecule has 2 rings (SSSR count). The van der Waals surface area contributed by atoms with Crippen molar-refractivity contribution in [2.24, 2.45) is 17.1 Å². The minimum Gasteiger partial charge on any atom is -0.341 e. The highest BCUT2D eigenvalue weighted by Crippen LogP contribution is 2.34. The van der Waals surface area contributed by atoms with Crippen molar-refractivity contribution in [1.82, 2.24) is 4.90 Å². The molecule has 22 heavy (non-hydrogen) atoms. The number of hydrogen-bond acceptors (Lipinski definition) is 2. The summed E-state index contributed by atoms with van der Waals surface area (Å²) in [6.45, 7) is 8.61. The van der Waals surface area contributed by atoms with E-state index in [1.54, 1.807) is 0 Å². The standard InChI is InChI=1S/C19H30N2O/c1-19(2,3)16-10-7-12-21(13-11-16)18(22)17(20)14-15-8-5-4-6-9-15/h4-6,8-9,16-17H,7,10-14,20H2,1-3H3. The molecule has 1 amide bonds. The molecule has 1 aromatic rings. The fourth-order valence-corrected chi connectivity index (χ4v) is 3.37. The van der Waals surface area contributed by atoms with Gasteiger partial charge in [0.15, 0.2) is 0 Å². The van der Waals surface area contributed by atoms with Crippen LogP contribution in [0.25, 0.3) is 0 Å². The Labute approximate surface area is 134 Å². The lowest BCUT2D eigenvalue weighted by atomic mass is 9.77. The van der Waals surface area contributed by atoms with E-state index in [0.29, 0.717) is 17.8 Å². The Morgan fingerprint density at radius 1 is 1.23 bits per heavy atom. The Hall–Kier alpha value is -1.35. The normalized spacial score (nSPS) is 21.3.